The zero-order chi connectivity index (χ0) is 15.5. The molecular formula is C15H9ClF4N. The number of benzene rings is 1. The molecule has 1 radical (unpaired) electrons. The lowest BCUT2D eigenvalue weighted by molar-refractivity contribution is -0.141. The Morgan fingerprint density at radius 1 is 1.29 bits per heavy atom. The van der Waals surface area contributed by atoms with E-state index in [1.165, 1.54) is 30.3 Å². The highest BCUT2D eigenvalue weighted by molar-refractivity contribution is 6.30. The molecule has 0 unspecified atom stereocenters. The summed E-state index contributed by atoms with van der Waals surface area (Å²) in [7, 11) is 0. The van der Waals surface area contributed by atoms with Crippen LogP contribution in [0.3, 0.4) is 0 Å². The van der Waals surface area contributed by atoms with Gasteiger partial charge in [-0.15, -0.1) is 0 Å². The van der Waals surface area contributed by atoms with E-state index in [0.29, 0.717) is 5.56 Å². The van der Waals surface area contributed by atoms with Crippen LogP contribution < -0.4 is 0 Å². The minimum Gasteiger partial charge on any atom is -0.251 e. The highest BCUT2D eigenvalue weighted by atomic mass is 35.5. The summed E-state index contributed by atoms with van der Waals surface area (Å²) in [5.74, 6) is -0.546. The molecule has 6 heteroatoms. The van der Waals surface area contributed by atoms with E-state index in [2.05, 4.69) is 11.1 Å². The van der Waals surface area contributed by atoms with Gasteiger partial charge in [-0.2, -0.15) is 13.2 Å². The topological polar surface area (TPSA) is 12.9 Å². The van der Waals surface area contributed by atoms with Crippen LogP contribution in [0.1, 0.15) is 16.8 Å². The van der Waals surface area contributed by atoms with Crippen LogP contribution in [-0.2, 0) is 12.6 Å². The number of halogens is 5. The zero-order valence-corrected chi connectivity index (χ0v) is 11.3. The van der Waals surface area contributed by atoms with Gasteiger partial charge < -0.3 is 0 Å². The molecule has 0 aliphatic rings. The molecule has 2 rings (SSSR count). The van der Waals surface area contributed by atoms with E-state index in [4.69, 9.17) is 11.6 Å². The van der Waals surface area contributed by atoms with Gasteiger partial charge in [-0.05, 0) is 35.7 Å². The highest BCUT2D eigenvalue weighted by Gasteiger charge is 2.34. The molecule has 1 aromatic carbocycles. The number of rotatable bonds is 3. The van der Waals surface area contributed by atoms with Crippen molar-refractivity contribution in [1.82, 2.24) is 4.98 Å². The van der Waals surface area contributed by atoms with Crippen LogP contribution in [-0.4, -0.2) is 4.98 Å². The lowest BCUT2D eigenvalue weighted by atomic mass is 10.1. The van der Waals surface area contributed by atoms with Crippen molar-refractivity contribution in [3.05, 3.63) is 70.3 Å². The molecule has 109 valence electrons. The third-order valence-electron chi connectivity index (χ3n) is 2.69. The Morgan fingerprint density at radius 3 is 2.71 bits per heavy atom. The largest absolute Gasteiger partial charge is 0.433 e. The Balaban J connectivity index is 2.16. The molecule has 1 nitrogen and oxygen atoms in total. The molecule has 21 heavy (non-hydrogen) atoms. The van der Waals surface area contributed by atoms with Gasteiger partial charge in [0.2, 0.25) is 0 Å². The minimum atomic E-state index is -4.50. The summed E-state index contributed by atoms with van der Waals surface area (Å²) < 4.78 is 51.2. The normalized spacial score (nSPS) is 12.0. The van der Waals surface area contributed by atoms with Gasteiger partial charge in [0.25, 0.3) is 0 Å². The number of allylic oxidation sites excluding steroid dienone is 1. The number of pyridine rings is 1. The second kappa shape index (κ2) is 6.26. The molecule has 0 aliphatic carbocycles. The van der Waals surface area contributed by atoms with Crippen molar-refractivity contribution in [3.8, 4) is 0 Å². The summed E-state index contributed by atoms with van der Waals surface area (Å²) in [5, 5.41) is -0.0390. The van der Waals surface area contributed by atoms with E-state index in [-0.39, 0.29) is 17.0 Å². The van der Waals surface area contributed by atoms with Gasteiger partial charge in [0.05, 0.1) is 5.02 Å². The predicted octanol–water partition coefficient (Wildman–Crippen LogP) is 4.95. The monoisotopic (exact) mass is 314 g/mol. The first-order chi connectivity index (χ1) is 9.88. The summed E-state index contributed by atoms with van der Waals surface area (Å²) in [6.45, 7) is 0. The van der Waals surface area contributed by atoms with E-state index in [0.717, 1.165) is 6.20 Å². The van der Waals surface area contributed by atoms with E-state index >= 15 is 0 Å². The van der Waals surface area contributed by atoms with Crippen molar-refractivity contribution in [2.75, 3.05) is 0 Å². The first-order valence-corrected chi connectivity index (χ1v) is 6.29. The molecule has 0 saturated carbocycles. The van der Waals surface area contributed by atoms with Crippen molar-refractivity contribution < 1.29 is 17.6 Å². The Bertz CT molecular complexity index is 665. The first-order valence-electron chi connectivity index (χ1n) is 5.91. The third kappa shape index (κ3) is 4.04. The first kappa shape index (κ1) is 15.5. The van der Waals surface area contributed by atoms with Gasteiger partial charge in [0.15, 0.2) is 0 Å². The standard InChI is InChI=1S/C15H9ClF4N/c16-12-9-10(6-7-13(12)17)3-1-4-11-5-2-8-21-14(11)15(18,19)20/h1,3,5-9H,4H2. The van der Waals surface area contributed by atoms with Crippen molar-refractivity contribution in [3.63, 3.8) is 0 Å². The number of hydrogen-bond donors (Lipinski definition) is 0. The molecule has 0 fully saturated rings. The molecule has 0 atom stereocenters. The van der Waals surface area contributed by atoms with Crippen molar-refractivity contribution in [1.29, 1.82) is 0 Å². The lowest BCUT2D eigenvalue weighted by Gasteiger charge is -2.09. The van der Waals surface area contributed by atoms with Gasteiger partial charge in [0, 0.05) is 12.3 Å². The summed E-state index contributed by atoms with van der Waals surface area (Å²) in [6.07, 6.45) is -0.385. The van der Waals surface area contributed by atoms with Gasteiger partial charge in [-0.1, -0.05) is 29.8 Å². The number of aromatic nitrogens is 1. The van der Waals surface area contributed by atoms with Crippen molar-refractivity contribution >= 4 is 17.7 Å². The summed E-state index contributed by atoms with van der Waals surface area (Å²) in [6, 6.07) is 7.85. The van der Waals surface area contributed by atoms with Crippen LogP contribution in [0.15, 0.2) is 36.5 Å². The zero-order valence-electron chi connectivity index (χ0n) is 10.6. The van der Waals surface area contributed by atoms with Crippen LogP contribution in [0.25, 0.3) is 6.08 Å². The summed E-state index contributed by atoms with van der Waals surface area (Å²) in [5.41, 5.74) is -0.305. The average Bonchev–Trinajstić information content (AvgIpc) is 2.42. The van der Waals surface area contributed by atoms with Crippen LogP contribution in [0, 0.1) is 11.9 Å². The maximum Gasteiger partial charge on any atom is 0.433 e. The fourth-order valence-corrected chi connectivity index (χ4v) is 1.93. The van der Waals surface area contributed by atoms with Crippen LogP contribution >= 0.6 is 11.6 Å². The van der Waals surface area contributed by atoms with Gasteiger partial charge in [-0.25, -0.2) is 4.39 Å². The SMILES string of the molecule is Fc1ccc(C=CCc2c[c]cnc2C(F)(F)F)cc1Cl. The van der Waals surface area contributed by atoms with Crippen molar-refractivity contribution in [2.24, 2.45) is 0 Å². The third-order valence-corrected chi connectivity index (χ3v) is 2.98. The Kier molecular flexibility index (Phi) is 4.63. The minimum absolute atomic E-state index is 0.0226. The maximum atomic E-state index is 13.0. The molecule has 1 aromatic heterocycles. The van der Waals surface area contributed by atoms with Crippen LogP contribution in [0.2, 0.25) is 5.02 Å². The fraction of sp³-hybridized carbons (Fsp3) is 0.133. The quantitative estimate of drug-likeness (QED) is 0.731. The molecule has 0 saturated heterocycles. The molecule has 2 aromatic rings. The second-order valence-corrected chi connectivity index (χ2v) is 4.63. The second-order valence-electron chi connectivity index (χ2n) is 4.22. The molecule has 0 N–H and O–H groups in total. The highest BCUT2D eigenvalue weighted by Crippen LogP contribution is 2.30. The summed E-state index contributed by atoms with van der Waals surface area (Å²) in [4.78, 5) is 3.32. The molecule has 0 spiro atoms. The molecule has 0 amide bonds. The maximum absolute atomic E-state index is 13.0. The van der Waals surface area contributed by atoms with E-state index in [9.17, 15) is 17.6 Å². The molecule has 0 aliphatic heterocycles. The summed E-state index contributed by atoms with van der Waals surface area (Å²) >= 11 is 5.62. The number of alkyl halides is 3. The molecular weight excluding hydrogens is 306 g/mol. The predicted molar refractivity (Wildman–Crippen MR) is 72.2 cm³/mol. The Hall–Kier alpha value is -1.88. The van der Waals surface area contributed by atoms with Crippen LogP contribution in [0.5, 0.6) is 0 Å². The Labute approximate surface area is 123 Å². The van der Waals surface area contributed by atoms with Gasteiger partial charge in [0.1, 0.15) is 11.5 Å². The van der Waals surface area contributed by atoms with Gasteiger partial charge >= 0.3 is 6.18 Å². The van der Waals surface area contributed by atoms with Crippen molar-refractivity contribution in [2.45, 2.75) is 12.6 Å². The van der Waals surface area contributed by atoms with Crippen LogP contribution in [0.4, 0.5) is 17.6 Å². The average molecular weight is 315 g/mol. The number of nitrogens with zero attached hydrogens (tertiary/aromatic N) is 1. The van der Waals surface area contributed by atoms with E-state index < -0.39 is 17.7 Å². The van der Waals surface area contributed by atoms with E-state index in [1.807, 2.05) is 0 Å². The lowest BCUT2D eigenvalue weighted by Crippen LogP contribution is -2.11. The van der Waals surface area contributed by atoms with E-state index in [1.54, 1.807) is 6.08 Å². The number of hydrogen-bond acceptors (Lipinski definition) is 1. The van der Waals surface area contributed by atoms with Gasteiger partial charge in [-0.3, -0.25) is 4.98 Å². The molecule has 0 bridgehead atoms. The molecule has 1 heterocycles. The smallest absolute Gasteiger partial charge is 0.251 e. The Morgan fingerprint density at radius 2 is 2.05 bits per heavy atom. The fourth-order valence-electron chi connectivity index (χ4n) is 1.74.